The highest BCUT2D eigenvalue weighted by atomic mass is 19.4. The average Bonchev–Trinajstić information content (AvgIpc) is 3.07. The van der Waals surface area contributed by atoms with Crippen molar-refractivity contribution in [2.24, 2.45) is 0 Å². The number of halogens is 3. The summed E-state index contributed by atoms with van der Waals surface area (Å²) in [7, 11) is 0. The normalized spacial score (nSPS) is 19.8. The van der Waals surface area contributed by atoms with Crippen molar-refractivity contribution in [1.82, 2.24) is 9.55 Å². The van der Waals surface area contributed by atoms with Crippen molar-refractivity contribution in [2.45, 2.75) is 25.2 Å². The Bertz CT molecular complexity index is 879. The minimum absolute atomic E-state index is 0.0900. The lowest BCUT2D eigenvalue weighted by molar-refractivity contribution is -0.148. The lowest BCUT2D eigenvalue weighted by atomic mass is 10.1. The molecule has 2 aliphatic heterocycles. The van der Waals surface area contributed by atoms with Crippen LogP contribution in [0, 0.1) is 0 Å². The highest BCUT2D eigenvalue weighted by molar-refractivity contribution is 5.48. The molecule has 1 unspecified atom stereocenters. The molecule has 28 heavy (non-hydrogen) atoms. The molecule has 9 heteroatoms. The molecule has 1 atom stereocenters. The van der Waals surface area contributed by atoms with Crippen LogP contribution in [0.2, 0.25) is 0 Å². The van der Waals surface area contributed by atoms with Gasteiger partial charge in [-0.3, -0.25) is 9.36 Å². The Labute approximate surface area is 160 Å². The fourth-order valence-corrected chi connectivity index (χ4v) is 3.67. The third-order valence-electron chi connectivity index (χ3n) is 5.16. The molecule has 1 saturated heterocycles. The van der Waals surface area contributed by atoms with Crippen LogP contribution in [0.5, 0.6) is 0 Å². The minimum atomic E-state index is -4.45. The first-order valence-corrected chi connectivity index (χ1v) is 9.25. The lowest BCUT2D eigenvalue weighted by Gasteiger charge is -2.29. The van der Waals surface area contributed by atoms with E-state index in [-0.39, 0.29) is 12.5 Å². The van der Waals surface area contributed by atoms with Gasteiger partial charge in [-0.15, -0.1) is 0 Å². The first-order chi connectivity index (χ1) is 13.4. The monoisotopic (exact) mass is 394 g/mol. The third-order valence-corrected chi connectivity index (χ3v) is 5.16. The summed E-state index contributed by atoms with van der Waals surface area (Å²) in [5.74, 6) is 0.499. The summed E-state index contributed by atoms with van der Waals surface area (Å²) >= 11 is 0. The van der Waals surface area contributed by atoms with E-state index in [0.717, 1.165) is 10.1 Å². The average molecular weight is 394 g/mol. The smallest absolute Gasteiger partial charge is 0.378 e. The van der Waals surface area contributed by atoms with Gasteiger partial charge >= 0.3 is 6.18 Å². The summed E-state index contributed by atoms with van der Waals surface area (Å²) in [6.45, 7) is 1.83. The topological polar surface area (TPSA) is 50.6 Å². The Hall–Kier alpha value is -2.55. The number of aromatic nitrogens is 2. The Morgan fingerprint density at radius 3 is 2.54 bits per heavy atom. The zero-order chi connectivity index (χ0) is 19.7. The number of ether oxygens (including phenoxy) is 1. The fourth-order valence-electron chi connectivity index (χ4n) is 3.67. The predicted molar refractivity (Wildman–Crippen MR) is 98.9 cm³/mol. The number of hydrogen-bond acceptors (Lipinski definition) is 5. The van der Waals surface area contributed by atoms with Crippen LogP contribution in [0.15, 0.2) is 41.2 Å². The van der Waals surface area contributed by atoms with Crippen molar-refractivity contribution in [3.63, 3.8) is 0 Å². The largest absolute Gasteiger partial charge is 0.410 e. The minimum Gasteiger partial charge on any atom is -0.378 e. The van der Waals surface area contributed by atoms with Gasteiger partial charge in [0.05, 0.1) is 19.8 Å². The maximum Gasteiger partial charge on any atom is 0.410 e. The lowest BCUT2D eigenvalue weighted by Crippen LogP contribution is -2.45. The van der Waals surface area contributed by atoms with E-state index in [9.17, 15) is 18.0 Å². The van der Waals surface area contributed by atoms with Crippen LogP contribution in [-0.4, -0.2) is 54.6 Å². The molecule has 6 nitrogen and oxygen atoms in total. The SMILES string of the molecule is O=c1cc(N2CCOCC2)nc2n1CC(C(F)(F)F)N2CCc1ccccc1. The summed E-state index contributed by atoms with van der Waals surface area (Å²) in [5.41, 5.74) is 0.483. The maximum absolute atomic E-state index is 13.7. The number of fused-ring (bicyclic) bond motifs is 1. The van der Waals surface area contributed by atoms with E-state index in [0.29, 0.717) is 38.5 Å². The second-order valence-electron chi connectivity index (χ2n) is 6.95. The van der Waals surface area contributed by atoms with Crippen molar-refractivity contribution in [3.8, 4) is 0 Å². The van der Waals surface area contributed by atoms with Gasteiger partial charge in [0.15, 0.2) is 0 Å². The molecule has 1 aromatic heterocycles. The van der Waals surface area contributed by atoms with Crippen molar-refractivity contribution >= 4 is 11.8 Å². The van der Waals surface area contributed by atoms with Crippen molar-refractivity contribution in [2.75, 3.05) is 42.6 Å². The molecule has 0 amide bonds. The molecular weight excluding hydrogens is 373 g/mol. The van der Waals surface area contributed by atoms with Crippen LogP contribution in [0.25, 0.3) is 0 Å². The van der Waals surface area contributed by atoms with Gasteiger partial charge in [0.2, 0.25) is 5.95 Å². The Morgan fingerprint density at radius 1 is 1.14 bits per heavy atom. The van der Waals surface area contributed by atoms with Crippen molar-refractivity contribution in [1.29, 1.82) is 0 Å². The number of anilines is 2. The summed E-state index contributed by atoms with van der Waals surface area (Å²) in [6, 6.07) is 8.90. The zero-order valence-electron chi connectivity index (χ0n) is 15.2. The van der Waals surface area contributed by atoms with Crippen LogP contribution in [-0.2, 0) is 17.7 Å². The number of alkyl halides is 3. The van der Waals surface area contributed by atoms with Crippen LogP contribution >= 0.6 is 0 Å². The van der Waals surface area contributed by atoms with Gasteiger partial charge in [-0.25, -0.2) is 0 Å². The second-order valence-corrected chi connectivity index (χ2v) is 6.95. The first kappa shape index (κ1) is 18.8. The van der Waals surface area contributed by atoms with Gasteiger partial charge in [-0.05, 0) is 12.0 Å². The zero-order valence-corrected chi connectivity index (χ0v) is 15.2. The molecule has 150 valence electrons. The molecule has 0 spiro atoms. The Morgan fingerprint density at radius 2 is 1.86 bits per heavy atom. The summed E-state index contributed by atoms with van der Waals surface area (Å²) in [6.07, 6.45) is -4.01. The van der Waals surface area contributed by atoms with Gasteiger partial charge in [0, 0.05) is 25.7 Å². The number of benzene rings is 1. The van der Waals surface area contributed by atoms with E-state index >= 15 is 0 Å². The van der Waals surface area contributed by atoms with E-state index in [4.69, 9.17) is 4.74 Å². The van der Waals surface area contributed by atoms with Crippen LogP contribution in [0.3, 0.4) is 0 Å². The highest BCUT2D eigenvalue weighted by Gasteiger charge is 2.49. The van der Waals surface area contributed by atoms with Crippen LogP contribution < -0.4 is 15.4 Å². The van der Waals surface area contributed by atoms with Gasteiger partial charge in [0.25, 0.3) is 5.56 Å². The number of rotatable bonds is 4. The van der Waals surface area contributed by atoms with E-state index in [1.807, 2.05) is 35.2 Å². The summed E-state index contributed by atoms with van der Waals surface area (Å²) in [5, 5.41) is 0. The van der Waals surface area contributed by atoms with Crippen LogP contribution in [0.4, 0.5) is 24.9 Å². The quantitative estimate of drug-likeness (QED) is 0.795. The molecule has 2 aromatic rings. The molecule has 1 aromatic carbocycles. The van der Waals surface area contributed by atoms with E-state index in [1.54, 1.807) is 0 Å². The molecule has 4 rings (SSSR count). The van der Waals surface area contributed by atoms with Crippen molar-refractivity contribution < 1.29 is 17.9 Å². The summed E-state index contributed by atoms with van der Waals surface area (Å²) in [4.78, 5) is 20.1. The molecule has 1 fully saturated rings. The molecule has 0 bridgehead atoms. The van der Waals surface area contributed by atoms with Crippen molar-refractivity contribution in [3.05, 3.63) is 52.3 Å². The highest BCUT2D eigenvalue weighted by Crippen LogP contribution is 2.34. The Kier molecular flexibility index (Phi) is 5.01. The predicted octanol–water partition coefficient (Wildman–Crippen LogP) is 2.07. The number of morpholine rings is 1. The molecule has 3 heterocycles. The first-order valence-electron chi connectivity index (χ1n) is 9.25. The Balaban J connectivity index is 1.66. The van der Waals surface area contributed by atoms with Gasteiger partial charge < -0.3 is 14.5 Å². The van der Waals surface area contributed by atoms with Gasteiger partial charge in [-0.2, -0.15) is 18.2 Å². The van der Waals surface area contributed by atoms with Crippen LogP contribution in [0.1, 0.15) is 5.56 Å². The fraction of sp³-hybridized carbons (Fsp3) is 0.474. The molecule has 0 saturated carbocycles. The molecule has 0 radical (unpaired) electrons. The molecule has 0 N–H and O–H groups in total. The molecular formula is C19H21F3N4O2. The second kappa shape index (κ2) is 7.46. The third kappa shape index (κ3) is 3.71. The van der Waals surface area contributed by atoms with E-state index in [1.165, 1.54) is 11.0 Å². The number of nitrogens with zero attached hydrogens (tertiary/aromatic N) is 4. The van der Waals surface area contributed by atoms with Gasteiger partial charge in [-0.1, -0.05) is 30.3 Å². The summed E-state index contributed by atoms with van der Waals surface area (Å²) < 4.78 is 47.5. The van der Waals surface area contributed by atoms with Gasteiger partial charge in [0.1, 0.15) is 11.9 Å². The molecule has 0 aliphatic carbocycles. The standard InChI is InChI=1S/C19H21F3N4O2/c20-19(21,22)15-13-26-17(27)12-16(24-8-10-28-11-9-24)23-18(26)25(15)7-6-14-4-2-1-3-5-14/h1-5,12,15H,6-11,13H2. The number of hydrogen-bond donors (Lipinski definition) is 0. The van der Waals surface area contributed by atoms with E-state index < -0.39 is 24.3 Å². The molecule has 2 aliphatic rings. The maximum atomic E-state index is 13.7. The van der Waals surface area contributed by atoms with E-state index in [2.05, 4.69) is 4.98 Å².